The molecule has 7 nitrogen and oxygen atoms in total. The predicted molar refractivity (Wildman–Crippen MR) is 101 cm³/mol. The normalized spacial score (nSPS) is 17.5. The molecule has 0 radical (unpaired) electrons. The van der Waals surface area contributed by atoms with E-state index in [-0.39, 0.29) is 17.9 Å². The molecule has 0 atom stereocenters. The Labute approximate surface area is 161 Å². The van der Waals surface area contributed by atoms with Crippen LogP contribution in [0.1, 0.15) is 42.6 Å². The van der Waals surface area contributed by atoms with Crippen LogP contribution in [0.2, 0.25) is 5.02 Å². The van der Waals surface area contributed by atoms with Gasteiger partial charge in [0.1, 0.15) is 0 Å². The molecule has 4 rings (SSSR count). The van der Waals surface area contributed by atoms with E-state index in [9.17, 15) is 4.79 Å². The first-order valence-electron chi connectivity index (χ1n) is 8.90. The minimum absolute atomic E-state index is 0.0141. The average Bonchev–Trinajstić information content (AvgIpc) is 3.33. The summed E-state index contributed by atoms with van der Waals surface area (Å²) in [6.45, 7) is 4.00. The van der Waals surface area contributed by atoms with Crippen molar-refractivity contribution in [2.24, 2.45) is 26.6 Å². The van der Waals surface area contributed by atoms with E-state index in [4.69, 9.17) is 11.6 Å². The molecule has 0 bridgehead atoms. The van der Waals surface area contributed by atoms with Gasteiger partial charge < -0.3 is 5.32 Å². The maximum atomic E-state index is 12.7. The van der Waals surface area contributed by atoms with E-state index in [1.54, 1.807) is 12.3 Å². The number of hydrogen-bond acceptors (Lipinski definition) is 6. The maximum Gasteiger partial charge on any atom is 0.251 e. The van der Waals surface area contributed by atoms with Gasteiger partial charge in [-0.2, -0.15) is 0 Å². The van der Waals surface area contributed by atoms with Gasteiger partial charge in [-0.1, -0.05) is 25.4 Å². The van der Waals surface area contributed by atoms with Crippen molar-refractivity contribution in [3.8, 4) is 11.3 Å². The van der Waals surface area contributed by atoms with E-state index < -0.39 is 5.66 Å². The van der Waals surface area contributed by atoms with Crippen LogP contribution < -0.4 is 5.32 Å². The second-order valence-corrected chi connectivity index (χ2v) is 7.60. The molecule has 0 saturated heterocycles. The smallest absolute Gasteiger partial charge is 0.251 e. The van der Waals surface area contributed by atoms with Crippen molar-refractivity contribution in [3.05, 3.63) is 52.7 Å². The Morgan fingerprint density at radius 3 is 2.52 bits per heavy atom. The quantitative estimate of drug-likeness (QED) is 0.793. The number of halogens is 1. The molecule has 1 saturated carbocycles. The van der Waals surface area contributed by atoms with Crippen LogP contribution in [-0.2, 0) is 5.66 Å². The van der Waals surface area contributed by atoms with Crippen molar-refractivity contribution in [1.29, 1.82) is 0 Å². The summed E-state index contributed by atoms with van der Waals surface area (Å²) in [7, 11) is 0. The molecule has 138 valence electrons. The lowest BCUT2D eigenvalue weighted by Crippen LogP contribution is -2.28. The minimum Gasteiger partial charge on any atom is -0.349 e. The monoisotopic (exact) mass is 382 g/mol. The van der Waals surface area contributed by atoms with Crippen molar-refractivity contribution in [2.45, 2.75) is 38.4 Å². The van der Waals surface area contributed by atoms with Crippen LogP contribution in [0.4, 0.5) is 0 Å². The molecule has 1 aliphatic carbocycles. The van der Waals surface area contributed by atoms with Crippen LogP contribution in [0.25, 0.3) is 11.3 Å². The number of benzene rings is 1. The number of amides is 1. The fourth-order valence-corrected chi connectivity index (χ4v) is 3.15. The van der Waals surface area contributed by atoms with Gasteiger partial charge in [-0.3, -0.25) is 9.78 Å². The Hall–Kier alpha value is -2.67. The van der Waals surface area contributed by atoms with Crippen LogP contribution in [-0.4, -0.2) is 16.9 Å². The van der Waals surface area contributed by atoms with Crippen LogP contribution in [0.5, 0.6) is 0 Å². The summed E-state index contributed by atoms with van der Waals surface area (Å²) in [6.07, 6.45) is 3.63. The summed E-state index contributed by atoms with van der Waals surface area (Å²) >= 11 is 5.96. The lowest BCUT2D eigenvalue weighted by Gasteiger charge is -2.25. The van der Waals surface area contributed by atoms with Gasteiger partial charge in [0.15, 0.2) is 0 Å². The minimum atomic E-state index is -0.933. The molecule has 1 aromatic heterocycles. The first kappa shape index (κ1) is 17.7. The van der Waals surface area contributed by atoms with Crippen molar-refractivity contribution in [3.63, 3.8) is 0 Å². The zero-order chi connectivity index (χ0) is 19.0. The van der Waals surface area contributed by atoms with Crippen molar-refractivity contribution >= 4 is 17.5 Å². The summed E-state index contributed by atoms with van der Waals surface area (Å²) in [6, 6.07) is 9.45. The molecular weight excluding hydrogens is 364 g/mol. The van der Waals surface area contributed by atoms with Crippen LogP contribution >= 0.6 is 11.6 Å². The molecule has 8 heteroatoms. The second kappa shape index (κ2) is 6.81. The van der Waals surface area contributed by atoms with Gasteiger partial charge in [-0.25, -0.2) is 0 Å². The third-order valence-electron chi connectivity index (χ3n) is 4.80. The van der Waals surface area contributed by atoms with Crippen LogP contribution in [0.15, 0.2) is 57.2 Å². The van der Waals surface area contributed by atoms with Gasteiger partial charge in [0.2, 0.25) is 5.66 Å². The lowest BCUT2D eigenvalue weighted by atomic mass is 9.87. The summed E-state index contributed by atoms with van der Waals surface area (Å²) in [5, 5.41) is 19.6. The summed E-state index contributed by atoms with van der Waals surface area (Å²) in [5.41, 5.74) is 1.88. The number of hydrogen-bond donors (Lipinski definition) is 1. The summed E-state index contributed by atoms with van der Waals surface area (Å²) in [5.74, 6) is -0.0967. The van der Waals surface area contributed by atoms with Gasteiger partial charge in [0.25, 0.3) is 5.91 Å². The topological polar surface area (TPSA) is 91.4 Å². The number of nitrogens with zero attached hydrogens (tertiary/aromatic N) is 5. The van der Waals surface area contributed by atoms with E-state index in [1.165, 1.54) is 0 Å². The Kier molecular flexibility index (Phi) is 4.47. The largest absolute Gasteiger partial charge is 0.349 e. The molecule has 1 N–H and O–H groups in total. The highest BCUT2D eigenvalue weighted by atomic mass is 35.5. The Morgan fingerprint density at radius 1 is 1.19 bits per heavy atom. The number of carbonyl (C=O) groups is 1. The van der Waals surface area contributed by atoms with Gasteiger partial charge >= 0.3 is 0 Å². The highest BCUT2D eigenvalue weighted by molar-refractivity contribution is 6.30. The molecule has 0 spiro atoms. The van der Waals surface area contributed by atoms with Gasteiger partial charge in [-0.05, 0) is 53.6 Å². The van der Waals surface area contributed by atoms with E-state index in [0.29, 0.717) is 16.3 Å². The Morgan fingerprint density at radius 2 is 1.93 bits per heavy atom. The van der Waals surface area contributed by atoms with Gasteiger partial charge in [-0.15, -0.1) is 10.2 Å². The number of rotatable bonds is 5. The molecule has 2 aliphatic rings. The zero-order valence-corrected chi connectivity index (χ0v) is 15.8. The number of nitrogens with one attached hydrogen (secondary N) is 1. The Bertz CT molecular complexity index is 922. The van der Waals surface area contributed by atoms with E-state index in [0.717, 1.165) is 24.0 Å². The number of pyridine rings is 1. The lowest BCUT2D eigenvalue weighted by molar-refractivity contribution is 0.0951. The zero-order valence-electron chi connectivity index (χ0n) is 15.1. The Balaban J connectivity index is 1.83. The molecule has 1 amide bonds. The molecule has 2 heterocycles. The molecule has 1 aliphatic heterocycles. The fraction of sp³-hybridized carbons (Fsp3) is 0.368. The second-order valence-electron chi connectivity index (χ2n) is 7.17. The van der Waals surface area contributed by atoms with E-state index in [2.05, 4.69) is 31.0 Å². The van der Waals surface area contributed by atoms with Crippen molar-refractivity contribution in [1.82, 2.24) is 10.3 Å². The number of carbonyl (C=O) groups excluding carboxylic acids is 1. The SMILES string of the molecule is CC(C)C1(c2cc(C(=O)NC3CC3)cc(-c3ccc(Cl)cn3)c2)N=NN=N1. The first-order chi connectivity index (χ1) is 13.0. The molecular formula is C19H19ClN6O. The molecule has 27 heavy (non-hydrogen) atoms. The standard InChI is InChI=1S/C19H19ClN6O/c1-11(2)19(23-25-26-24-19)14-8-12(17-6-3-15(20)10-21-17)7-13(9-14)18(27)22-16-4-5-16/h3,6-11,16H,4-5H2,1-2H3,(H,22,27). The van der Waals surface area contributed by atoms with Crippen LogP contribution in [0, 0.1) is 5.92 Å². The van der Waals surface area contributed by atoms with Gasteiger partial charge in [0, 0.05) is 34.8 Å². The molecule has 2 aromatic rings. The number of aromatic nitrogens is 1. The fourth-order valence-electron chi connectivity index (χ4n) is 3.04. The third kappa shape index (κ3) is 3.47. The summed E-state index contributed by atoms with van der Waals surface area (Å²) < 4.78 is 0. The maximum absolute atomic E-state index is 12.7. The third-order valence-corrected chi connectivity index (χ3v) is 5.02. The molecule has 1 aromatic carbocycles. The van der Waals surface area contributed by atoms with Crippen molar-refractivity contribution in [2.75, 3.05) is 0 Å². The predicted octanol–water partition coefficient (Wildman–Crippen LogP) is 4.94. The highest BCUT2D eigenvalue weighted by Gasteiger charge is 2.40. The first-order valence-corrected chi connectivity index (χ1v) is 9.28. The van der Waals surface area contributed by atoms with Crippen LogP contribution in [0.3, 0.4) is 0 Å². The van der Waals surface area contributed by atoms with Gasteiger partial charge in [0.05, 0.1) is 10.7 Å². The van der Waals surface area contributed by atoms with Crippen molar-refractivity contribution < 1.29 is 4.79 Å². The molecule has 1 fully saturated rings. The summed E-state index contributed by atoms with van der Waals surface area (Å²) in [4.78, 5) is 17.1. The highest BCUT2D eigenvalue weighted by Crippen LogP contribution is 2.41. The molecule has 0 unspecified atom stereocenters. The average molecular weight is 383 g/mol. The van der Waals surface area contributed by atoms with E-state index in [1.807, 2.05) is 38.1 Å². The van der Waals surface area contributed by atoms with E-state index >= 15 is 0 Å².